The Kier molecular flexibility index (Phi) is 6.73. The summed E-state index contributed by atoms with van der Waals surface area (Å²) in [6.45, 7) is 2.69. The lowest BCUT2D eigenvalue weighted by molar-refractivity contribution is 0.202. The molecule has 0 heterocycles. The molecule has 0 saturated carbocycles. The number of hydroxylamine groups is 1. The van der Waals surface area contributed by atoms with E-state index >= 15 is 0 Å². The van der Waals surface area contributed by atoms with Crippen molar-refractivity contribution in [2.45, 2.75) is 16.7 Å². The minimum absolute atomic E-state index is 0. The van der Waals surface area contributed by atoms with E-state index in [0.29, 0.717) is 5.75 Å². The van der Waals surface area contributed by atoms with Crippen LogP contribution in [-0.4, -0.2) is 11.1 Å². The van der Waals surface area contributed by atoms with Gasteiger partial charge in [0.2, 0.25) is 0 Å². The van der Waals surface area contributed by atoms with Crippen LogP contribution >= 0.6 is 12.4 Å². The highest BCUT2D eigenvalue weighted by atomic mass is 35.5. The van der Waals surface area contributed by atoms with Gasteiger partial charge in [0.1, 0.15) is 5.75 Å². The molecule has 2 rings (SSSR count). The van der Waals surface area contributed by atoms with Gasteiger partial charge in [-0.2, -0.15) is 5.48 Å². The lowest BCUT2D eigenvalue weighted by atomic mass is 10.3. The Hall–Kier alpha value is -1.20. The second-order valence-electron chi connectivity index (χ2n) is 3.65. The first kappa shape index (κ1) is 15.9. The van der Waals surface area contributed by atoms with Crippen molar-refractivity contribution in [1.82, 2.24) is 5.48 Å². The molecule has 102 valence electrons. The Balaban J connectivity index is 0.00000180. The topological polar surface area (TPSA) is 44.3 Å². The largest absolute Gasteiger partial charge is 0.606 e. The van der Waals surface area contributed by atoms with Gasteiger partial charge in [-0.1, -0.05) is 18.2 Å². The van der Waals surface area contributed by atoms with E-state index in [0.717, 1.165) is 16.3 Å². The van der Waals surface area contributed by atoms with E-state index in [2.05, 4.69) is 5.48 Å². The average molecular weight is 298 g/mol. The number of hydrogen-bond acceptors (Lipinski definition) is 3. The predicted molar refractivity (Wildman–Crippen MR) is 79.1 cm³/mol. The van der Waals surface area contributed by atoms with E-state index < -0.39 is 11.2 Å². The maximum atomic E-state index is 12.2. The van der Waals surface area contributed by atoms with Crippen LogP contribution in [0, 0.1) is 0 Å². The minimum atomic E-state index is -1.14. The van der Waals surface area contributed by atoms with Crippen molar-refractivity contribution in [3.63, 3.8) is 0 Å². The van der Waals surface area contributed by atoms with Gasteiger partial charge < -0.3 is 9.39 Å². The summed E-state index contributed by atoms with van der Waals surface area (Å²) in [5.41, 5.74) is 2.77. The quantitative estimate of drug-likeness (QED) is 0.681. The zero-order chi connectivity index (χ0) is 12.8. The van der Waals surface area contributed by atoms with Crippen LogP contribution in [0.4, 0.5) is 0 Å². The lowest BCUT2D eigenvalue weighted by Gasteiger charge is -2.10. The first-order chi connectivity index (χ1) is 8.81. The molecule has 2 aromatic rings. The third-order valence-corrected chi connectivity index (χ3v) is 3.73. The molecule has 0 saturated heterocycles. The van der Waals surface area contributed by atoms with Crippen molar-refractivity contribution in [1.29, 1.82) is 0 Å². The fraction of sp³-hybridized carbons (Fsp3) is 0.143. The molecule has 5 heteroatoms. The van der Waals surface area contributed by atoms with E-state index in [-0.39, 0.29) is 12.4 Å². The highest BCUT2D eigenvalue weighted by Crippen LogP contribution is 2.22. The molecular weight excluding hydrogens is 282 g/mol. The zero-order valence-corrected chi connectivity index (χ0v) is 12.2. The smallest absolute Gasteiger partial charge is 0.158 e. The van der Waals surface area contributed by atoms with E-state index in [1.165, 1.54) is 0 Å². The number of benzene rings is 2. The fourth-order valence-electron chi connectivity index (χ4n) is 1.47. The van der Waals surface area contributed by atoms with Crippen molar-refractivity contribution in [2.24, 2.45) is 0 Å². The van der Waals surface area contributed by atoms with Crippen LogP contribution in [0.2, 0.25) is 0 Å². The molecule has 1 atom stereocenters. The monoisotopic (exact) mass is 297 g/mol. The lowest BCUT2D eigenvalue weighted by Crippen LogP contribution is -2.17. The molecule has 0 aliphatic carbocycles. The van der Waals surface area contributed by atoms with Crippen LogP contribution in [0.3, 0.4) is 0 Å². The van der Waals surface area contributed by atoms with Gasteiger partial charge in [-0.15, -0.1) is 12.4 Å². The van der Waals surface area contributed by atoms with Gasteiger partial charge in [-0.3, -0.25) is 0 Å². The van der Waals surface area contributed by atoms with Crippen molar-refractivity contribution in [3.8, 4) is 5.75 Å². The van der Waals surface area contributed by atoms with E-state index in [9.17, 15) is 4.55 Å². The van der Waals surface area contributed by atoms with Gasteiger partial charge in [-0.25, -0.2) is 0 Å². The SMILES string of the molecule is CCNOc1ccc([S+]([O-])c2ccccc2)cc1.Cl. The Morgan fingerprint density at radius 1 is 1.00 bits per heavy atom. The van der Waals surface area contributed by atoms with E-state index in [4.69, 9.17) is 4.84 Å². The van der Waals surface area contributed by atoms with Crippen LogP contribution in [0.15, 0.2) is 64.4 Å². The van der Waals surface area contributed by atoms with Crippen molar-refractivity contribution in [2.75, 3.05) is 6.54 Å². The molecular formula is C14H16ClNO2S. The number of rotatable bonds is 5. The standard InChI is InChI=1S/C14H15NO2S.ClH/c1-2-15-17-12-8-10-14(11-9-12)18(16)13-6-4-3-5-7-13;/h3-11,15H,2H2,1H3;1H. The normalized spacial score (nSPS) is 11.5. The van der Waals surface area contributed by atoms with E-state index in [1.807, 2.05) is 49.4 Å². The summed E-state index contributed by atoms with van der Waals surface area (Å²) < 4.78 is 12.2. The van der Waals surface area contributed by atoms with Gasteiger partial charge in [-0.05, 0) is 43.3 Å². The Bertz CT molecular complexity index is 479. The molecule has 19 heavy (non-hydrogen) atoms. The first-order valence-electron chi connectivity index (χ1n) is 5.78. The zero-order valence-electron chi connectivity index (χ0n) is 10.5. The fourth-order valence-corrected chi connectivity index (χ4v) is 2.53. The average Bonchev–Trinajstić information content (AvgIpc) is 2.46. The van der Waals surface area contributed by atoms with Crippen molar-refractivity contribution in [3.05, 3.63) is 54.6 Å². The Morgan fingerprint density at radius 3 is 2.16 bits per heavy atom. The van der Waals surface area contributed by atoms with Gasteiger partial charge in [0.05, 0.1) is 0 Å². The van der Waals surface area contributed by atoms with Gasteiger partial charge in [0.25, 0.3) is 0 Å². The molecule has 1 N–H and O–H groups in total. The second-order valence-corrected chi connectivity index (χ2v) is 5.13. The number of halogens is 1. The molecule has 0 amide bonds. The maximum absolute atomic E-state index is 12.2. The number of hydrogen-bond donors (Lipinski definition) is 1. The van der Waals surface area contributed by atoms with Gasteiger partial charge in [0.15, 0.2) is 9.79 Å². The molecule has 0 radical (unpaired) electrons. The summed E-state index contributed by atoms with van der Waals surface area (Å²) in [5, 5.41) is 0. The third-order valence-electron chi connectivity index (χ3n) is 2.33. The van der Waals surface area contributed by atoms with Crippen LogP contribution in [0.5, 0.6) is 5.75 Å². The molecule has 3 nitrogen and oxygen atoms in total. The van der Waals surface area contributed by atoms with Crippen LogP contribution in [0.25, 0.3) is 0 Å². The number of nitrogens with one attached hydrogen (secondary N) is 1. The second kappa shape index (κ2) is 8.07. The molecule has 0 spiro atoms. The molecule has 0 aromatic heterocycles. The summed E-state index contributed by atoms with van der Waals surface area (Å²) in [4.78, 5) is 6.82. The molecule has 0 aliphatic rings. The van der Waals surface area contributed by atoms with Crippen molar-refractivity contribution < 1.29 is 9.39 Å². The summed E-state index contributed by atoms with van der Waals surface area (Å²) in [6.07, 6.45) is 0. The molecule has 0 bridgehead atoms. The van der Waals surface area contributed by atoms with Crippen LogP contribution < -0.4 is 10.3 Å². The van der Waals surface area contributed by atoms with Crippen molar-refractivity contribution >= 4 is 23.6 Å². The minimum Gasteiger partial charge on any atom is -0.606 e. The summed E-state index contributed by atoms with van der Waals surface area (Å²) in [7, 11) is 0. The highest BCUT2D eigenvalue weighted by molar-refractivity contribution is 7.91. The maximum Gasteiger partial charge on any atom is 0.158 e. The summed E-state index contributed by atoms with van der Waals surface area (Å²) >= 11 is -1.14. The first-order valence-corrected chi connectivity index (χ1v) is 6.93. The highest BCUT2D eigenvalue weighted by Gasteiger charge is 2.13. The molecule has 1 unspecified atom stereocenters. The molecule has 0 fully saturated rings. The summed E-state index contributed by atoms with van der Waals surface area (Å²) in [5.74, 6) is 0.714. The van der Waals surface area contributed by atoms with Gasteiger partial charge >= 0.3 is 0 Å². The van der Waals surface area contributed by atoms with E-state index in [1.54, 1.807) is 12.1 Å². The third kappa shape index (κ3) is 4.44. The molecule has 2 aromatic carbocycles. The summed E-state index contributed by atoms with van der Waals surface area (Å²) in [6, 6.07) is 16.6. The van der Waals surface area contributed by atoms with Crippen LogP contribution in [0.1, 0.15) is 6.92 Å². The van der Waals surface area contributed by atoms with Gasteiger partial charge in [0, 0.05) is 17.7 Å². The Morgan fingerprint density at radius 2 is 1.58 bits per heavy atom. The molecule has 0 aliphatic heterocycles. The van der Waals surface area contributed by atoms with Crippen LogP contribution in [-0.2, 0) is 11.2 Å². The Labute approximate surface area is 122 Å². The predicted octanol–water partition coefficient (Wildman–Crippen LogP) is 3.18.